The number of benzene rings is 3. The molecule has 11 heteroatoms. The standard InChI is InChI=1S/C26H19BrN2O7S/c1-35-22-11-18(20(27)13-23(22)36-15-16-7-9-19(10-8-16)29(33)34)12-24-25(31)28(26(32)37-24)14-21(30)17-5-3-2-4-6-17/h2-13H,14-15H2,1H3/b24-12+. The molecule has 0 saturated carbocycles. The van der Waals surface area contributed by atoms with Gasteiger partial charge in [-0.05, 0) is 53.2 Å². The van der Waals surface area contributed by atoms with Crippen LogP contribution in [0.4, 0.5) is 10.5 Å². The Bertz CT molecular complexity index is 1410. The van der Waals surface area contributed by atoms with Crippen molar-refractivity contribution in [1.29, 1.82) is 0 Å². The molecule has 0 N–H and O–H groups in total. The fourth-order valence-corrected chi connectivity index (χ4v) is 4.71. The first kappa shape index (κ1) is 26.1. The topological polar surface area (TPSA) is 116 Å². The van der Waals surface area contributed by atoms with Gasteiger partial charge in [0.25, 0.3) is 16.8 Å². The Balaban J connectivity index is 1.49. The minimum Gasteiger partial charge on any atom is -0.493 e. The van der Waals surface area contributed by atoms with E-state index in [9.17, 15) is 24.5 Å². The van der Waals surface area contributed by atoms with Gasteiger partial charge in [-0.25, -0.2) is 0 Å². The van der Waals surface area contributed by atoms with E-state index in [1.54, 1.807) is 60.7 Å². The number of rotatable bonds is 9. The molecule has 0 bridgehead atoms. The average molecular weight is 583 g/mol. The highest BCUT2D eigenvalue weighted by Gasteiger charge is 2.36. The molecule has 0 aromatic heterocycles. The van der Waals surface area contributed by atoms with Gasteiger partial charge in [-0.1, -0.05) is 46.3 Å². The lowest BCUT2D eigenvalue weighted by atomic mass is 10.1. The van der Waals surface area contributed by atoms with Crippen LogP contribution in [0.3, 0.4) is 0 Å². The molecule has 3 aromatic carbocycles. The minimum absolute atomic E-state index is 0.0118. The fraction of sp³-hybridized carbons (Fsp3) is 0.115. The Hall–Kier alpha value is -3.96. The molecule has 0 aliphatic carbocycles. The summed E-state index contributed by atoms with van der Waals surface area (Å²) in [6, 6.07) is 17.8. The van der Waals surface area contributed by atoms with Gasteiger partial charge in [0.2, 0.25) is 0 Å². The molecule has 1 saturated heterocycles. The summed E-state index contributed by atoms with van der Waals surface area (Å²) in [7, 11) is 1.47. The summed E-state index contributed by atoms with van der Waals surface area (Å²) in [4.78, 5) is 49.3. The largest absolute Gasteiger partial charge is 0.493 e. The highest BCUT2D eigenvalue weighted by Crippen LogP contribution is 2.38. The third kappa shape index (κ3) is 6.07. The second-order valence-corrected chi connectivity index (χ2v) is 9.64. The number of ketones is 1. The molecule has 1 aliphatic rings. The van der Waals surface area contributed by atoms with Crippen LogP contribution < -0.4 is 9.47 Å². The molecule has 0 radical (unpaired) electrons. The van der Waals surface area contributed by atoms with Gasteiger partial charge in [-0.2, -0.15) is 0 Å². The van der Waals surface area contributed by atoms with Crippen LogP contribution in [0.15, 0.2) is 76.1 Å². The first-order valence-electron chi connectivity index (χ1n) is 10.8. The molecule has 4 rings (SSSR count). The van der Waals surface area contributed by atoms with Crippen LogP contribution in [0.1, 0.15) is 21.5 Å². The van der Waals surface area contributed by atoms with E-state index in [1.807, 2.05) is 0 Å². The molecule has 37 heavy (non-hydrogen) atoms. The number of thioether (sulfide) groups is 1. The van der Waals surface area contributed by atoms with Crippen molar-refractivity contribution in [2.75, 3.05) is 13.7 Å². The average Bonchev–Trinajstić information content (AvgIpc) is 3.16. The van der Waals surface area contributed by atoms with Crippen molar-refractivity contribution >= 4 is 56.4 Å². The lowest BCUT2D eigenvalue weighted by Crippen LogP contribution is -2.33. The summed E-state index contributed by atoms with van der Waals surface area (Å²) in [5.41, 5.74) is 1.70. The van der Waals surface area contributed by atoms with Crippen LogP contribution in [-0.4, -0.2) is 40.4 Å². The monoisotopic (exact) mass is 582 g/mol. The van der Waals surface area contributed by atoms with Crippen LogP contribution in [0.25, 0.3) is 6.08 Å². The first-order chi connectivity index (χ1) is 17.8. The van der Waals surface area contributed by atoms with E-state index in [2.05, 4.69) is 15.9 Å². The zero-order chi connectivity index (χ0) is 26.5. The highest BCUT2D eigenvalue weighted by molar-refractivity contribution is 9.10. The van der Waals surface area contributed by atoms with Gasteiger partial charge >= 0.3 is 0 Å². The van der Waals surface area contributed by atoms with Crippen LogP contribution in [0.5, 0.6) is 11.5 Å². The van der Waals surface area contributed by atoms with Gasteiger partial charge in [-0.15, -0.1) is 0 Å². The smallest absolute Gasteiger partial charge is 0.293 e. The summed E-state index contributed by atoms with van der Waals surface area (Å²) in [6.07, 6.45) is 1.55. The number of halogens is 1. The van der Waals surface area contributed by atoms with Crippen molar-refractivity contribution < 1.29 is 28.8 Å². The van der Waals surface area contributed by atoms with Crippen molar-refractivity contribution in [3.05, 3.63) is 103 Å². The maximum Gasteiger partial charge on any atom is 0.293 e. The fourth-order valence-electron chi connectivity index (χ4n) is 3.45. The Labute approximate surface area is 224 Å². The van der Waals surface area contributed by atoms with Crippen LogP contribution in [0.2, 0.25) is 0 Å². The van der Waals surface area contributed by atoms with Crippen molar-refractivity contribution in [2.24, 2.45) is 0 Å². The summed E-state index contributed by atoms with van der Waals surface area (Å²) in [6.45, 7) is -0.194. The van der Waals surface area contributed by atoms with Gasteiger partial charge in [0.05, 0.1) is 23.5 Å². The lowest BCUT2D eigenvalue weighted by molar-refractivity contribution is -0.384. The third-order valence-electron chi connectivity index (χ3n) is 5.38. The third-order valence-corrected chi connectivity index (χ3v) is 6.98. The number of carbonyl (C=O) groups excluding carboxylic acids is 3. The number of Topliss-reactive ketones (excluding diaryl/α,β-unsaturated/α-hetero) is 1. The number of amides is 2. The number of carbonyl (C=O) groups is 3. The van der Waals surface area contributed by atoms with Gasteiger partial charge in [-0.3, -0.25) is 29.4 Å². The molecular weight excluding hydrogens is 564 g/mol. The predicted molar refractivity (Wildman–Crippen MR) is 142 cm³/mol. The second kappa shape index (κ2) is 11.4. The number of non-ortho nitro benzene ring substituents is 1. The van der Waals surface area contributed by atoms with E-state index in [0.29, 0.717) is 27.1 Å². The van der Waals surface area contributed by atoms with E-state index in [-0.39, 0.29) is 29.5 Å². The van der Waals surface area contributed by atoms with E-state index in [4.69, 9.17) is 9.47 Å². The van der Waals surface area contributed by atoms with Crippen LogP contribution in [-0.2, 0) is 11.4 Å². The highest BCUT2D eigenvalue weighted by atomic mass is 79.9. The van der Waals surface area contributed by atoms with E-state index in [0.717, 1.165) is 22.2 Å². The molecule has 0 spiro atoms. The molecular formula is C26H19BrN2O7S. The van der Waals surface area contributed by atoms with Crippen molar-refractivity contribution in [2.45, 2.75) is 6.61 Å². The molecule has 3 aromatic rings. The predicted octanol–water partition coefficient (Wildman–Crippen LogP) is 5.86. The second-order valence-electron chi connectivity index (χ2n) is 7.79. The van der Waals surface area contributed by atoms with Crippen molar-refractivity contribution in [3.63, 3.8) is 0 Å². The quantitative estimate of drug-likeness (QED) is 0.133. The SMILES string of the molecule is COc1cc(/C=C2/SC(=O)N(CC(=O)c3ccccc3)C2=O)c(Br)cc1OCc1ccc([N+](=O)[O-])cc1. The molecule has 1 heterocycles. The number of hydrogen-bond acceptors (Lipinski definition) is 8. The molecule has 0 unspecified atom stereocenters. The van der Waals surface area contributed by atoms with Gasteiger partial charge in [0.1, 0.15) is 6.61 Å². The number of methoxy groups -OCH3 is 1. The van der Waals surface area contributed by atoms with Gasteiger partial charge in [0.15, 0.2) is 17.3 Å². The zero-order valence-corrected chi connectivity index (χ0v) is 21.8. The van der Waals surface area contributed by atoms with Crippen molar-refractivity contribution in [3.8, 4) is 11.5 Å². The minimum atomic E-state index is -0.552. The first-order valence-corrected chi connectivity index (χ1v) is 12.4. The summed E-state index contributed by atoms with van der Waals surface area (Å²) >= 11 is 4.22. The number of nitro benzene ring substituents is 1. The van der Waals surface area contributed by atoms with Crippen LogP contribution in [0, 0.1) is 10.1 Å². The van der Waals surface area contributed by atoms with E-state index in [1.165, 1.54) is 19.2 Å². The van der Waals surface area contributed by atoms with Crippen LogP contribution >= 0.6 is 27.7 Å². The Morgan fingerprint density at radius 1 is 1.08 bits per heavy atom. The van der Waals surface area contributed by atoms with E-state index < -0.39 is 16.1 Å². The molecule has 188 valence electrons. The Morgan fingerprint density at radius 3 is 2.43 bits per heavy atom. The molecule has 9 nitrogen and oxygen atoms in total. The number of ether oxygens (including phenoxy) is 2. The maximum atomic E-state index is 12.9. The summed E-state index contributed by atoms with van der Waals surface area (Å²) in [5.74, 6) is -0.0912. The number of nitrogens with zero attached hydrogens (tertiary/aromatic N) is 2. The molecule has 0 atom stereocenters. The number of imide groups is 1. The summed E-state index contributed by atoms with van der Waals surface area (Å²) in [5, 5.41) is 10.3. The van der Waals surface area contributed by atoms with Crippen molar-refractivity contribution in [1.82, 2.24) is 4.90 Å². The molecule has 1 aliphatic heterocycles. The summed E-state index contributed by atoms with van der Waals surface area (Å²) < 4.78 is 11.9. The van der Waals surface area contributed by atoms with E-state index >= 15 is 0 Å². The Morgan fingerprint density at radius 2 is 1.78 bits per heavy atom. The number of nitro groups is 1. The van der Waals surface area contributed by atoms with Gasteiger partial charge < -0.3 is 9.47 Å². The maximum absolute atomic E-state index is 12.9. The molecule has 1 fully saturated rings. The Kier molecular flexibility index (Phi) is 8.04. The number of hydrogen-bond donors (Lipinski definition) is 0. The molecule has 2 amide bonds. The van der Waals surface area contributed by atoms with Gasteiger partial charge in [0, 0.05) is 22.2 Å². The lowest BCUT2D eigenvalue weighted by Gasteiger charge is -2.13. The normalized spacial score (nSPS) is 14.2. The zero-order valence-electron chi connectivity index (χ0n) is 19.4.